The zero-order valence-corrected chi connectivity index (χ0v) is 11.3. The molecule has 0 aromatic heterocycles. The summed E-state index contributed by atoms with van der Waals surface area (Å²) in [5.41, 5.74) is 1.28. The van der Waals surface area contributed by atoms with Crippen LogP contribution in [0.3, 0.4) is 0 Å². The average Bonchev–Trinajstić information content (AvgIpc) is 2.42. The molecule has 1 N–H and O–H groups in total. The normalized spacial score (nSPS) is 22.9. The van der Waals surface area contributed by atoms with Crippen molar-refractivity contribution >= 4 is 0 Å². The second-order valence-electron chi connectivity index (χ2n) is 5.01. The molecule has 1 aromatic carbocycles. The Kier molecular flexibility index (Phi) is 4.61. The van der Waals surface area contributed by atoms with Crippen LogP contribution in [0.25, 0.3) is 0 Å². The van der Waals surface area contributed by atoms with E-state index in [9.17, 15) is 5.11 Å². The number of phenols is 1. The van der Waals surface area contributed by atoms with Crippen LogP contribution >= 0.6 is 0 Å². The van der Waals surface area contributed by atoms with E-state index < -0.39 is 0 Å². The molecule has 3 heteroatoms. The van der Waals surface area contributed by atoms with Gasteiger partial charge in [-0.25, -0.2) is 0 Å². The number of benzene rings is 1. The average molecular weight is 249 g/mol. The molecule has 1 fully saturated rings. The second-order valence-corrected chi connectivity index (χ2v) is 5.01. The van der Waals surface area contributed by atoms with Gasteiger partial charge in [-0.2, -0.15) is 0 Å². The number of hydrogen-bond donors (Lipinski definition) is 1. The van der Waals surface area contributed by atoms with Crippen LogP contribution in [0.5, 0.6) is 5.75 Å². The first kappa shape index (κ1) is 13.4. The molecule has 0 aliphatic carbocycles. The van der Waals surface area contributed by atoms with E-state index >= 15 is 0 Å². The molecule has 3 nitrogen and oxygen atoms in total. The Hall–Kier alpha value is -1.06. The summed E-state index contributed by atoms with van der Waals surface area (Å²) in [6, 6.07) is 8.04. The summed E-state index contributed by atoms with van der Waals surface area (Å²) in [5.74, 6) is 0.335. The van der Waals surface area contributed by atoms with Gasteiger partial charge in [-0.1, -0.05) is 19.1 Å². The maximum atomic E-state index is 9.37. The lowest BCUT2D eigenvalue weighted by atomic mass is 9.98. The summed E-state index contributed by atoms with van der Waals surface area (Å²) in [7, 11) is 1.80. The number of hydrogen-bond acceptors (Lipinski definition) is 3. The molecule has 0 radical (unpaired) electrons. The minimum atomic E-state index is 0.335. The monoisotopic (exact) mass is 249 g/mol. The molecule has 100 valence electrons. The number of piperidine rings is 1. The van der Waals surface area contributed by atoms with E-state index in [0.29, 0.717) is 17.9 Å². The maximum absolute atomic E-state index is 9.37. The number of likely N-dealkylation sites (tertiary alicyclic amines) is 1. The summed E-state index contributed by atoms with van der Waals surface area (Å²) in [5, 5.41) is 9.37. The van der Waals surface area contributed by atoms with Crippen molar-refractivity contribution in [3.8, 4) is 5.75 Å². The van der Waals surface area contributed by atoms with Gasteiger partial charge in [0.05, 0.1) is 6.10 Å². The SMILES string of the molecule is CCC(c1ccc(O)cc1)N1CCCC(OC)C1. The van der Waals surface area contributed by atoms with Crippen molar-refractivity contribution in [1.82, 2.24) is 4.90 Å². The van der Waals surface area contributed by atoms with Crippen molar-refractivity contribution in [2.75, 3.05) is 20.2 Å². The van der Waals surface area contributed by atoms with Gasteiger partial charge in [0.15, 0.2) is 0 Å². The molecule has 1 aliphatic rings. The zero-order valence-electron chi connectivity index (χ0n) is 11.3. The summed E-state index contributed by atoms with van der Waals surface area (Å²) in [6.45, 7) is 4.36. The van der Waals surface area contributed by atoms with Crippen LogP contribution in [0.1, 0.15) is 37.8 Å². The molecule has 1 saturated heterocycles. The Morgan fingerprint density at radius 2 is 2.11 bits per heavy atom. The molecular weight excluding hydrogens is 226 g/mol. The molecule has 0 bridgehead atoms. The second kappa shape index (κ2) is 6.21. The molecule has 2 unspecified atom stereocenters. The van der Waals surface area contributed by atoms with Crippen molar-refractivity contribution < 1.29 is 9.84 Å². The standard InChI is InChI=1S/C15H23NO2/c1-3-15(12-6-8-13(17)9-7-12)16-10-4-5-14(11-16)18-2/h6-9,14-15,17H,3-5,10-11H2,1-2H3. The minimum Gasteiger partial charge on any atom is -0.508 e. The van der Waals surface area contributed by atoms with Crippen LogP contribution < -0.4 is 0 Å². The van der Waals surface area contributed by atoms with Crippen molar-refractivity contribution in [2.45, 2.75) is 38.3 Å². The molecule has 0 saturated carbocycles. The first-order valence-electron chi connectivity index (χ1n) is 6.80. The Labute approximate surface area is 109 Å². The van der Waals surface area contributed by atoms with Gasteiger partial charge >= 0.3 is 0 Å². The van der Waals surface area contributed by atoms with Gasteiger partial charge in [-0.15, -0.1) is 0 Å². The van der Waals surface area contributed by atoms with E-state index in [4.69, 9.17) is 4.74 Å². The van der Waals surface area contributed by atoms with E-state index in [1.54, 1.807) is 19.2 Å². The van der Waals surface area contributed by atoms with Crippen LogP contribution in [0.15, 0.2) is 24.3 Å². The number of ether oxygens (including phenoxy) is 1. The summed E-state index contributed by atoms with van der Waals surface area (Å²) in [6.07, 6.45) is 3.82. The van der Waals surface area contributed by atoms with Gasteiger partial charge < -0.3 is 9.84 Å². The van der Waals surface area contributed by atoms with Crippen molar-refractivity contribution in [3.05, 3.63) is 29.8 Å². The number of methoxy groups -OCH3 is 1. The lowest BCUT2D eigenvalue weighted by molar-refractivity contribution is 0.0133. The predicted molar refractivity (Wildman–Crippen MR) is 72.7 cm³/mol. The van der Waals surface area contributed by atoms with Gasteiger partial charge in [0.2, 0.25) is 0 Å². The van der Waals surface area contributed by atoms with Crippen LogP contribution in [0.2, 0.25) is 0 Å². The van der Waals surface area contributed by atoms with Gasteiger partial charge in [-0.05, 0) is 43.5 Å². The molecular formula is C15H23NO2. The van der Waals surface area contributed by atoms with E-state index in [1.165, 1.54) is 18.4 Å². The van der Waals surface area contributed by atoms with Gasteiger partial charge in [0, 0.05) is 19.7 Å². The van der Waals surface area contributed by atoms with Crippen LogP contribution in [-0.4, -0.2) is 36.3 Å². The topological polar surface area (TPSA) is 32.7 Å². The maximum Gasteiger partial charge on any atom is 0.115 e. The third-order valence-corrected chi connectivity index (χ3v) is 3.85. The number of phenolic OH excluding ortho intramolecular Hbond substituents is 1. The first-order chi connectivity index (χ1) is 8.74. The lowest BCUT2D eigenvalue weighted by Crippen LogP contribution is -2.41. The van der Waals surface area contributed by atoms with E-state index in [2.05, 4.69) is 11.8 Å². The predicted octanol–water partition coefficient (Wildman–Crippen LogP) is 2.95. The van der Waals surface area contributed by atoms with Crippen molar-refractivity contribution in [3.63, 3.8) is 0 Å². The molecule has 2 atom stereocenters. The lowest BCUT2D eigenvalue weighted by Gasteiger charge is -2.37. The summed E-state index contributed by atoms with van der Waals surface area (Å²) >= 11 is 0. The highest BCUT2D eigenvalue weighted by molar-refractivity contribution is 5.28. The molecule has 1 heterocycles. The number of aromatic hydroxyl groups is 1. The number of rotatable bonds is 4. The highest BCUT2D eigenvalue weighted by Gasteiger charge is 2.25. The third-order valence-electron chi connectivity index (χ3n) is 3.85. The van der Waals surface area contributed by atoms with Crippen molar-refractivity contribution in [2.24, 2.45) is 0 Å². The summed E-state index contributed by atoms with van der Waals surface area (Å²) < 4.78 is 5.49. The Morgan fingerprint density at radius 1 is 1.39 bits per heavy atom. The summed E-state index contributed by atoms with van der Waals surface area (Å²) in [4.78, 5) is 2.50. The first-order valence-corrected chi connectivity index (χ1v) is 6.80. The van der Waals surface area contributed by atoms with Crippen LogP contribution in [-0.2, 0) is 4.74 Å². The van der Waals surface area contributed by atoms with E-state index in [0.717, 1.165) is 19.5 Å². The quantitative estimate of drug-likeness (QED) is 0.890. The molecule has 0 spiro atoms. The van der Waals surface area contributed by atoms with Gasteiger partial charge in [0.25, 0.3) is 0 Å². The molecule has 18 heavy (non-hydrogen) atoms. The Morgan fingerprint density at radius 3 is 2.72 bits per heavy atom. The van der Waals surface area contributed by atoms with E-state index in [1.807, 2.05) is 12.1 Å². The van der Waals surface area contributed by atoms with Gasteiger partial charge in [0.1, 0.15) is 5.75 Å². The molecule has 0 amide bonds. The van der Waals surface area contributed by atoms with Gasteiger partial charge in [-0.3, -0.25) is 4.90 Å². The molecule has 1 aromatic rings. The molecule has 1 aliphatic heterocycles. The fourth-order valence-electron chi connectivity index (χ4n) is 2.84. The molecule has 2 rings (SSSR count). The van der Waals surface area contributed by atoms with Crippen LogP contribution in [0.4, 0.5) is 0 Å². The highest BCUT2D eigenvalue weighted by Crippen LogP contribution is 2.28. The van der Waals surface area contributed by atoms with Crippen LogP contribution in [0, 0.1) is 0 Å². The highest BCUT2D eigenvalue weighted by atomic mass is 16.5. The van der Waals surface area contributed by atoms with Crippen molar-refractivity contribution in [1.29, 1.82) is 0 Å². The third kappa shape index (κ3) is 3.03. The van der Waals surface area contributed by atoms with E-state index in [-0.39, 0.29) is 0 Å². The Bertz CT molecular complexity index is 363. The zero-order chi connectivity index (χ0) is 13.0. The fourth-order valence-corrected chi connectivity index (χ4v) is 2.84. The minimum absolute atomic E-state index is 0.335. The number of nitrogens with zero attached hydrogens (tertiary/aromatic N) is 1. The Balaban J connectivity index is 2.10. The largest absolute Gasteiger partial charge is 0.508 e. The smallest absolute Gasteiger partial charge is 0.115 e. The fraction of sp³-hybridized carbons (Fsp3) is 0.600.